The van der Waals surface area contributed by atoms with Crippen molar-refractivity contribution >= 4 is 5.91 Å². The van der Waals surface area contributed by atoms with Gasteiger partial charge in [-0.15, -0.1) is 0 Å². The quantitative estimate of drug-likeness (QED) is 0.600. The van der Waals surface area contributed by atoms with E-state index in [0.29, 0.717) is 37.7 Å². The summed E-state index contributed by atoms with van der Waals surface area (Å²) in [5.74, 6) is 0.442. The van der Waals surface area contributed by atoms with Gasteiger partial charge in [0.25, 0.3) is 5.91 Å². The third kappa shape index (κ3) is 6.36. The minimum Gasteiger partial charge on any atom is -0.490 e. The molecular formula is C23H32N2O3. The fourth-order valence-electron chi connectivity index (χ4n) is 2.99. The Labute approximate surface area is 168 Å². The second kappa shape index (κ2) is 11.5. The van der Waals surface area contributed by atoms with E-state index in [9.17, 15) is 4.79 Å². The Balaban J connectivity index is 2.02. The van der Waals surface area contributed by atoms with Crippen LogP contribution in [-0.2, 0) is 11.2 Å². The topological polar surface area (TPSA) is 50.8 Å². The maximum atomic E-state index is 12.8. The van der Waals surface area contributed by atoms with Crippen LogP contribution in [0.4, 0.5) is 0 Å². The van der Waals surface area contributed by atoms with Crippen LogP contribution in [0.1, 0.15) is 41.4 Å². The number of amides is 1. The highest BCUT2D eigenvalue weighted by Gasteiger charge is 2.17. The first-order chi connectivity index (χ1) is 13.6. The molecule has 152 valence electrons. The van der Waals surface area contributed by atoms with Crippen molar-refractivity contribution < 1.29 is 14.3 Å². The number of likely N-dealkylation sites (N-methyl/N-ethyl adjacent to an activating group) is 1. The van der Waals surface area contributed by atoms with Gasteiger partial charge in [0.05, 0.1) is 18.2 Å². The smallest absolute Gasteiger partial charge is 0.255 e. The van der Waals surface area contributed by atoms with E-state index in [0.717, 1.165) is 6.42 Å². The Hall–Kier alpha value is -2.37. The molecule has 0 radical (unpaired) electrons. The molecule has 28 heavy (non-hydrogen) atoms. The molecule has 1 atom stereocenters. The molecule has 0 saturated heterocycles. The third-order valence-electron chi connectivity index (χ3n) is 4.67. The molecule has 2 rings (SSSR count). The molecule has 1 unspecified atom stereocenters. The predicted molar refractivity (Wildman–Crippen MR) is 113 cm³/mol. The molecule has 0 aliphatic carbocycles. The van der Waals surface area contributed by atoms with Crippen molar-refractivity contribution in [3.05, 3.63) is 65.2 Å². The number of aryl methyl sites for hydroxylation is 1. The maximum Gasteiger partial charge on any atom is 0.255 e. The van der Waals surface area contributed by atoms with Crippen LogP contribution >= 0.6 is 0 Å². The Morgan fingerprint density at radius 2 is 1.75 bits per heavy atom. The van der Waals surface area contributed by atoms with Crippen LogP contribution in [0.5, 0.6) is 5.75 Å². The molecule has 0 fully saturated rings. The second-order valence-electron chi connectivity index (χ2n) is 6.83. The van der Waals surface area contributed by atoms with Crippen LogP contribution in [-0.4, -0.2) is 51.3 Å². The highest BCUT2D eigenvalue weighted by molar-refractivity contribution is 5.96. The van der Waals surface area contributed by atoms with E-state index in [1.807, 2.05) is 39.2 Å². The fraction of sp³-hybridized carbons (Fsp3) is 0.435. The number of para-hydroxylation sites is 1. The van der Waals surface area contributed by atoms with Crippen LogP contribution in [0.2, 0.25) is 0 Å². The highest BCUT2D eigenvalue weighted by atomic mass is 16.5. The molecule has 0 aromatic heterocycles. The number of benzene rings is 2. The molecule has 1 amide bonds. The van der Waals surface area contributed by atoms with Gasteiger partial charge < -0.3 is 19.7 Å². The van der Waals surface area contributed by atoms with Crippen molar-refractivity contribution in [2.45, 2.75) is 26.3 Å². The van der Waals surface area contributed by atoms with E-state index in [1.54, 1.807) is 6.07 Å². The molecule has 5 heteroatoms. The van der Waals surface area contributed by atoms with Gasteiger partial charge in [-0.2, -0.15) is 0 Å². The normalized spacial score (nSPS) is 12.0. The lowest BCUT2D eigenvalue weighted by atomic mass is 10.0. The summed E-state index contributed by atoms with van der Waals surface area (Å²) in [6.45, 7) is 6.18. The number of ether oxygens (including phenoxy) is 2. The molecule has 2 aromatic carbocycles. The van der Waals surface area contributed by atoms with Gasteiger partial charge in [0.15, 0.2) is 0 Å². The van der Waals surface area contributed by atoms with Gasteiger partial charge in [-0.3, -0.25) is 4.79 Å². The van der Waals surface area contributed by atoms with Gasteiger partial charge in [-0.25, -0.2) is 0 Å². The number of hydrogen-bond donors (Lipinski definition) is 1. The molecule has 0 aliphatic rings. The molecule has 5 nitrogen and oxygen atoms in total. The van der Waals surface area contributed by atoms with E-state index in [1.165, 1.54) is 11.1 Å². The third-order valence-corrected chi connectivity index (χ3v) is 4.67. The van der Waals surface area contributed by atoms with Crippen molar-refractivity contribution in [3.8, 4) is 5.75 Å². The van der Waals surface area contributed by atoms with Crippen LogP contribution < -0.4 is 10.1 Å². The lowest BCUT2D eigenvalue weighted by Gasteiger charge is -2.25. The first kappa shape index (κ1) is 21.9. The largest absolute Gasteiger partial charge is 0.490 e. The van der Waals surface area contributed by atoms with Gasteiger partial charge in [-0.1, -0.05) is 43.3 Å². The summed E-state index contributed by atoms with van der Waals surface area (Å²) >= 11 is 0. The number of rotatable bonds is 11. The predicted octanol–water partition coefficient (Wildman–Crippen LogP) is 3.70. The van der Waals surface area contributed by atoms with E-state index in [4.69, 9.17) is 9.47 Å². The summed E-state index contributed by atoms with van der Waals surface area (Å²) in [4.78, 5) is 14.9. The molecular weight excluding hydrogens is 352 g/mol. The first-order valence-corrected chi connectivity index (χ1v) is 9.89. The van der Waals surface area contributed by atoms with E-state index < -0.39 is 0 Å². The van der Waals surface area contributed by atoms with E-state index in [-0.39, 0.29) is 11.9 Å². The zero-order valence-corrected chi connectivity index (χ0v) is 17.4. The molecule has 0 heterocycles. The zero-order chi connectivity index (χ0) is 20.4. The first-order valence-electron chi connectivity index (χ1n) is 9.89. The molecule has 0 saturated carbocycles. The number of carbonyl (C=O) groups excluding carboxylic acids is 1. The van der Waals surface area contributed by atoms with E-state index >= 15 is 0 Å². The van der Waals surface area contributed by atoms with Gasteiger partial charge >= 0.3 is 0 Å². The molecule has 2 aromatic rings. The van der Waals surface area contributed by atoms with Crippen LogP contribution in [0.3, 0.4) is 0 Å². The standard InChI is InChI=1S/C23H32N2O3/c1-5-18-11-13-19(14-12-18)21(25(3)4)17-24-23(26)20-9-7-8-10-22(20)28-16-15-27-6-2/h7-14,21H,5-6,15-17H2,1-4H3,(H,24,26). The summed E-state index contributed by atoms with van der Waals surface area (Å²) in [6, 6.07) is 16.0. The van der Waals surface area contributed by atoms with E-state index in [2.05, 4.69) is 41.4 Å². The van der Waals surface area contributed by atoms with Crippen LogP contribution in [0.15, 0.2) is 48.5 Å². The Morgan fingerprint density at radius 3 is 2.39 bits per heavy atom. The second-order valence-corrected chi connectivity index (χ2v) is 6.83. The van der Waals surface area contributed by atoms with Crippen molar-refractivity contribution in [1.29, 1.82) is 0 Å². The summed E-state index contributed by atoms with van der Waals surface area (Å²) < 4.78 is 11.0. The van der Waals surface area contributed by atoms with Gasteiger partial charge in [0.1, 0.15) is 12.4 Å². The van der Waals surface area contributed by atoms with Crippen LogP contribution in [0, 0.1) is 0 Å². The van der Waals surface area contributed by atoms with Crippen LogP contribution in [0.25, 0.3) is 0 Å². The minimum absolute atomic E-state index is 0.0980. The molecule has 1 N–H and O–H groups in total. The highest BCUT2D eigenvalue weighted by Crippen LogP contribution is 2.20. The van der Waals surface area contributed by atoms with Gasteiger partial charge in [0, 0.05) is 13.2 Å². The summed E-state index contributed by atoms with van der Waals surface area (Å²) in [6.07, 6.45) is 1.02. The average molecular weight is 385 g/mol. The Kier molecular flexibility index (Phi) is 8.98. The monoisotopic (exact) mass is 384 g/mol. The number of nitrogens with one attached hydrogen (secondary N) is 1. The zero-order valence-electron chi connectivity index (χ0n) is 17.4. The SMILES string of the molecule is CCOCCOc1ccccc1C(=O)NCC(c1ccc(CC)cc1)N(C)C. The molecule has 0 bridgehead atoms. The van der Waals surface area contributed by atoms with Crippen molar-refractivity contribution in [1.82, 2.24) is 10.2 Å². The summed E-state index contributed by atoms with van der Waals surface area (Å²) in [7, 11) is 4.05. The van der Waals surface area contributed by atoms with Crippen molar-refractivity contribution in [2.24, 2.45) is 0 Å². The van der Waals surface area contributed by atoms with Gasteiger partial charge in [-0.05, 0) is 50.7 Å². The number of carbonyl (C=O) groups is 1. The van der Waals surface area contributed by atoms with Crippen molar-refractivity contribution in [3.63, 3.8) is 0 Å². The van der Waals surface area contributed by atoms with Crippen molar-refractivity contribution in [2.75, 3.05) is 40.5 Å². The summed E-state index contributed by atoms with van der Waals surface area (Å²) in [5.41, 5.74) is 3.03. The Morgan fingerprint density at radius 1 is 1.04 bits per heavy atom. The van der Waals surface area contributed by atoms with Gasteiger partial charge in [0.2, 0.25) is 0 Å². The minimum atomic E-state index is -0.135. The molecule has 0 aliphatic heterocycles. The number of hydrogen-bond acceptors (Lipinski definition) is 4. The average Bonchev–Trinajstić information content (AvgIpc) is 2.71. The lowest BCUT2D eigenvalue weighted by molar-refractivity contribution is 0.0925. The lowest BCUT2D eigenvalue weighted by Crippen LogP contribution is -2.34. The maximum absolute atomic E-state index is 12.8. The Bertz CT molecular complexity index is 729. The fourth-order valence-corrected chi connectivity index (χ4v) is 2.99. The summed E-state index contributed by atoms with van der Waals surface area (Å²) in [5, 5.41) is 3.06. The number of nitrogens with zero attached hydrogens (tertiary/aromatic N) is 1. The molecule has 0 spiro atoms.